The Morgan fingerprint density at radius 1 is 1.16 bits per heavy atom. The molecular weight excluding hydrogens is 426 g/mol. The zero-order valence-corrected chi connectivity index (χ0v) is 18.7. The second-order valence-corrected chi connectivity index (χ2v) is 9.23. The van der Waals surface area contributed by atoms with Gasteiger partial charge < -0.3 is 15.1 Å². The van der Waals surface area contributed by atoms with Gasteiger partial charge in [0.25, 0.3) is 0 Å². The van der Waals surface area contributed by atoms with Crippen molar-refractivity contribution in [1.29, 1.82) is 0 Å². The lowest BCUT2D eigenvalue weighted by Crippen LogP contribution is -2.44. The molecule has 0 aromatic heterocycles. The minimum absolute atomic E-state index is 0.0298. The zero-order valence-electron chi connectivity index (χ0n) is 17.9. The molecule has 2 atom stereocenters. The highest BCUT2D eigenvalue weighted by molar-refractivity contribution is 6.30. The maximum Gasteiger partial charge on any atom is 0.335 e. The van der Waals surface area contributed by atoms with Gasteiger partial charge in [-0.25, -0.2) is 4.79 Å². The fraction of sp³-hybridized carbons (Fsp3) is 0.385. The average molecular weight is 454 g/mol. The van der Waals surface area contributed by atoms with Gasteiger partial charge in [0.15, 0.2) is 0 Å². The molecule has 1 saturated carbocycles. The third kappa shape index (κ3) is 4.59. The smallest absolute Gasteiger partial charge is 0.335 e. The maximum atomic E-state index is 12.5. The number of likely N-dealkylation sites (tertiary alicyclic amines) is 1. The van der Waals surface area contributed by atoms with Gasteiger partial charge in [0.05, 0.1) is 17.7 Å². The largest absolute Gasteiger partial charge is 0.478 e. The molecule has 1 aliphatic carbocycles. The molecule has 0 bridgehead atoms. The van der Waals surface area contributed by atoms with Gasteiger partial charge in [0, 0.05) is 23.4 Å². The number of hydrogen-bond acceptors (Lipinski definition) is 3. The zero-order chi connectivity index (χ0) is 22.7. The first-order chi connectivity index (χ1) is 15.4. The molecule has 2 fully saturated rings. The molecule has 0 spiro atoms. The van der Waals surface area contributed by atoms with E-state index >= 15 is 0 Å². The number of amides is 1. The minimum atomic E-state index is -0.946. The second kappa shape index (κ2) is 9.47. The van der Waals surface area contributed by atoms with Crippen molar-refractivity contribution in [2.45, 2.75) is 56.1 Å². The molecule has 6 heteroatoms. The average Bonchev–Trinajstić information content (AvgIpc) is 3.11. The second-order valence-electron chi connectivity index (χ2n) is 8.79. The van der Waals surface area contributed by atoms with Crippen LogP contribution in [0.2, 0.25) is 5.02 Å². The van der Waals surface area contributed by atoms with Crippen molar-refractivity contribution >= 4 is 23.5 Å². The lowest BCUT2D eigenvalue weighted by molar-refractivity contribution is -0.128. The Morgan fingerprint density at radius 3 is 2.44 bits per heavy atom. The summed E-state index contributed by atoms with van der Waals surface area (Å²) >= 11 is 6.03. The van der Waals surface area contributed by atoms with E-state index in [1.54, 1.807) is 24.3 Å². The van der Waals surface area contributed by atoms with Crippen LogP contribution < -0.4 is 0 Å². The van der Waals surface area contributed by atoms with Crippen LogP contribution in [-0.4, -0.2) is 45.7 Å². The lowest BCUT2D eigenvalue weighted by Gasteiger charge is -2.45. The number of carboxylic acid groups (broad SMARTS) is 1. The third-order valence-electron chi connectivity index (χ3n) is 6.96. The maximum absolute atomic E-state index is 12.5. The Bertz CT molecular complexity index is 995. The topological polar surface area (TPSA) is 77.8 Å². The summed E-state index contributed by atoms with van der Waals surface area (Å²) in [6, 6.07) is 14.5. The first kappa shape index (κ1) is 22.6. The van der Waals surface area contributed by atoms with Gasteiger partial charge in [-0.15, -0.1) is 0 Å². The van der Waals surface area contributed by atoms with Crippen LogP contribution in [0.25, 0.3) is 0 Å². The standard InChI is InChI=1S/C26H28ClNO4/c27-21-8-6-20(7-9-21)26(15-1-16-26)23(29)12-10-22-11-13-24(30)28(22)17-14-18-2-4-19(5-3-18)25(31)32/h2-10,12,22-23,29H,1,11,13-17H2,(H,31,32)/b12-10+/t22-,23-/m0/s1. The third-order valence-corrected chi connectivity index (χ3v) is 7.22. The molecule has 32 heavy (non-hydrogen) atoms. The van der Waals surface area contributed by atoms with Gasteiger partial charge in [-0.05, 0) is 61.1 Å². The highest BCUT2D eigenvalue weighted by atomic mass is 35.5. The van der Waals surface area contributed by atoms with E-state index in [4.69, 9.17) is 16.7 Å². The predicted octanol–water partition coefficient (Wildman–Crippen LogP) is 4.61. The molecular formula is C26H28ClNO4. The number of hydrogen-bond donors (Lipinski definition) is 2. The Hall–Kier alpha value is -2.63. The van der Waals surface area contributed by atoms with Gasteiger partial charge in [-0.1, -0.05) is 54.4 Å². The van der Waals surface area contributed by atoms with Gasteiger partial charge in [-0.3, -0.25) is 4.79 Å². The van der Waals surface area contributed by atoms with E-state index in [9.17, 15) is 14.7 Å². The van der Waals surface area contributed by atoms with Crippen LogP contribution in [0.1, 0.15) is 53.6 Å². The Balaban J connectivity index is 1.41. The number of carbonyl (C=O) groups is 2. The van der Waals surface area contributed by atoms with Crippen molar-refractivity contribution < 1.29 is 19.8 Å². The number of aliphatic hydroxyl groups is 1. The quantitative estimate of drug-likeness (QED) is 0.572. The fourth-order valence-corrected chi connectivity index (χ4v) is 4.95. The van der Waals surface area contributed by atoms with E-state index in [-0.39, 0.29) is 22.9 Å². The van der Waals surface area contributed by atoms with Crippen molar-refractivity contribution in [2.24, 2.45) is 0 Å². The van der Waals surface area contributed by atoms with Crippen molar-refractivity contribution in [3.8, 4) is 0 Å². The van der Waals surface area contributed by atoms with E-state index in [2.05, 4.69) is 0 Å². The molecule has 2 aromatic carbocycles. The lowest BCUT2D eigenvalue weighted by atomic mass is 9.61. The number of benzene rings is 2. The van der Waals surface area contributed by atoms with Gasteiger partial charge in [-0.2, -0.15) is 0 Å². The highest BCUT2D eigenvalue weighted by Crippen LogP contribution is 2.47. The molecule has 2 aliphatic rings. The molecule has 1 saturated heterocycles. The summed E-state index contributed by atoms with van der Waals surface area (Å²) in [5, 5.41) is 20.8. The molecule has 0 radical (unpaired) electrons. The van der Waals surface area contributed by atoms with E-state index in [0.29, 0.717) is 24.4 Å². The van der Waals surface area contributed by atoms with E-state index in [1.165, 1.54) is 0 Å². The molecule has 1 heterocycles. The van der Waals surface area contributed by atoms with Crippen molar-refractivity contribution in [1.82, 2.24) is 4.90 Å². The van der Waals surface area contributed by atoms with Crippen molar-refractivity contribution in [3.63, 3.8) is 0 Å². The molecule has 5 nitrogen and oxygen atoms in total. The van der Waals surface area contributed by atoms with Gasteiger partial charge in [0.1, 0.15) is 0 Å². The van der Waals surface area contributed by atoms with E-state index in [1.807, 2.05) is 41.3 Å². The summed E-state index contributed by atoms with van der Waals surface area (Å²) in [5.41, 5.74) is 2.08. The molecule has 1 amide bonds. The number of nitrogens with zero attached hydrogens (tertiary/aromatic N) is 1. The number of carboxylic acids is 1. The molecule has 2 aromatic rings. The normalized spacial score (nSPS) is 21.0. The summed E-state index contributed by atoms with van der Waals surface area (Å²) in [5.74, 6) is -0.829. The van der Waals surface area contributed by atoms with Gasteiger partial charge in [0.2, 0.25) is 5.91 Å². The predicted molar refractivity (Wildman–Crippen MR) is 124 cm³/mol. The molecule has 1 aliphatic heterocycles. The first-order valence-electron chi connectivity index (χ1n) is 11.1. The Labute approximate surface area is 193 Å². The van der Waals surface area contributed by atoms with Crippen LogP contribution in [0.3, 0.4) is 0 Å². The summed E-state index contributed by atoms with van der Waals surface area (Å²) in [6.07, 6.45) is 8.10. The van der Waals surface area contributed by atoms with Crippen molar-refractivity contribution in [2.75, 3.05) is 6.54 Å². The number of aliphatic hydroxyl groups excluding tert-OH is 1. The molecule has 4 rings (SSSR count). The minimum Gasteiger partial charge on any atom is -0.478 e. The highest BCUT2D eigenvalue weighted by Gasteiger charge is 2.44. The Morgan fingerprint density at radius 2 is 1.84 bits per heavy atom. The van der Waals surface area contributed by atoms with Crippen molar-refractivity contribution in [3.05, 3.63) is 82.4 Å². The molecule has 0 unspecified atom stereocenters. The van der Waals surface area contributed by atoms with E-state index in [0.717, 1.165) is 36.8 Å². The SMILES string of the molecule is O=C(O)c1ccc(CCN2C(=O)CC[C@@H]2/C=C/[C@H](O)C2(c3ccc(Cl)cc3)CCC2)cc1. The van der Waals surface area contributed by atoms with Crippen LogP contribution in [0, 0.1) is 0 Å². The Kier molecular flexibility index (Phi) is 6.68. The summed E-state index contributed by atoms with van der Waals surface area (Å²) in [6.45, 7) is 0.568. The molecule has 2 N–H and O–H groups in total. The number of carbonyl (C=O) groups excluding carboxylic acids is 1. The van der Waals surface area contributed by atoms with Crippen LogP contribution >= 0.6 is 11.6 Å². The number of rotatable bonds is 8. The monoisotopic (exact) mass is 453 g/mol. The van der Waals surface area contributed by atoms with Crippen LogP contribution in [0.4, 0.5) is 0 Å². The first-order valence-corrected chi connectivity index (χ1v) is 11.5. The fourth-order valence-electron chi connectivity index (χ4n) is 4.82. The van der Waals surface area contributed by atoms with Crippen LogP contribution in [0.15, 0.2) is 60.7 Å². The van der Waals surface area contributed by atoms with Crippen LogP contribution in [0.5, 0.6) is 0 Å². The summed E-state index contributed by atoms with van der Waals surface area (Å²) < 4.78 is 0. The van der Waals surface area contributed by atoms with Crippen LogP contribution in [-0.2, 0) is 16.6 Å². The summed E-state index contributed by atoms with van der Waals surface area (Å²) in [4.78, 5) is 25.3. The number of halogens is 1. The summed E-state index contributed by atoms with van der Waals surface area (Å²) in [7, 11) is 0. The van der Waals surface area contributed by atoms with E-state index < -0.39 is 12.1 Å². The van der Waals surface area contributed by atoms with Gasteiger partial charge >= 0.3 is 5.97 Å². The molecule has 168 valence electrons. The number of aromatic carboxylic acids is 1.